The molecule has 2 N–H and O–H groups in total. The Morgan fingerprint density at radius 1 is 1.12 bits per heavy atom. The second-order valence-corrected chi connectivity index (χ2v) is 8.25. The summed E-state index contributed by atoms with van der Waals surface area (Å²) in [6, 6.07) is 13.8. The van der Waals surface area contributed by atoms with Crippen molar-refractivity contribution in [3.05, 3.63) is 106 Å². The summed E-state index contributed by atoms with van der Waals surface area (Å²) in [5, 5.41) is 12.4. The van der Waals surface area contributed by atoms with Crippen LogP contribution in [0.1, 0.15) is 39.2 Å². The number of aryl methyl sites for hydroxylation is 1. The lowest BCUT2D eigenvalue weighted by molar-refractivity contribution is 0.0929. The van der Waals surface area contributed by atoms with Crippen molar-refractivity contribution in [2.75, 3.05) is 13.2 Å². The lowest BCUT2D eigenvalue weighted by atomic mass is 9.98. The predicted molar refractivity (Wildman–Crippen MR) is 128 cm³/mol. The molecule has 2 heterocycles. The number of nitrogens with one attached hydrogen (secondary N) is 1. The Hall–Kier alpha value is -3.71. The highest BCUT2D eigenvalue weighted by Crippen LogP contribution is 2.25. The number of halogens is 2. The standard InChI is InChI=1S/C27H25F2N3O2/c1-17-5-10-21(30-15-17)14-22(11-12-33)32-27(34)23-3-2-4-24(29)26(23)25-13-19(16-31-25)18-6-8-20(28)9-7-18/h2-10,13,15,22,33H,11-12,14,16H2,1H3,(H,32,34)/t22-/m0/s1. The van der Waals surface area contributed by atoms with Crippen molar-refractivity contribution < 1.29 is 18.7 Å². The number of nitrogens with zero attached hydrogens (tertiary/aromatic N) is 2. The summed E-state index contributed by atoms with van der Waals surface area (Å²) in [4.78, 5) is 22.0. The molecular weight excluding hydrogens is 436 g/mol. The summed E-state index contributed by atoms with van der Waals surface area (Å²) < 4.78 is 28.2. The summed E-state index contributed by atoms with van der Waals surface area (Å²) in [7, 11) is 0. The van der Waals surface area contributed by atoms with Crippen LogP contribution in [0.5, 0.6) is 0 Å². The molecule has 34 heavy (non-hydrogen) atoms. The van der Waals surface area contributed by atoms with Crippen LogP contribution in [0, 0.1) is 18.6 Å². The molecule has 7 heteroatoms. The van der Waals surface area contributed by atoms with Crippen molar-refractivity contribution in [3.8, 4) is 0 Å². The van der Waals surface area contributed by atoms with Gasteiger partial charge in [0.25, 0.3) is 5.91 Å². The van der Waals surface area contributed by atoms with E-state index in [-0.39, 0.29) is 29.6 Å². The molecule has 5 nitrogen and oxygen atoms in total. The van der Waals surface area contributed by atoms with Crippen LogP contribution in [0.3, 0.4) is 0 Å². The van der Waals surface area contributed by atoms with Gasteiger partial charge in [0.1, 0.15) is 11.6 Å². The first-order valence-corrected chi connectivity index (χ1v) is 11.1. The molecule has 0 unspecified atom stereocenters. The molecule has 3 aromatic rings. The first-order valence-electron chi connectivity index (χ1n) is 11.1. The zero-order chi connectivity index (χ0) is 24.1. The number of hydrogen-bond acceptors (Lipinski definition) is 4. The maximum Gasteiger partial charge on any atom is 0.252 e. The van der Waals surface area contributed by atoms with Crippen LogP contribution < -0.4 is 5.32 Å². The zero-order valence-electron chi connectivity index (χ0n) is 18.8. The Kier molecular flexibility index (Phi) is 7.23. The lowest BCUT2D eigenvalue weighted by Crippen LogP contribution is -2.38. The van der Waals surface area contributed by atoms with Crippen molar-refractivity contribution in [1.29, 1.82) is 0 Å². The summed E-state index contributed by atoms with van der Waals surface area (Å²) in [5.41, 5.74) is 4.06. The number of pyridine rings is 1. The highest BCUT2D eigenvalue weighted by molar-refractivity contribution is 6.19. The first kappa shape index (κ1) is 23.4. The summed E-state index contributed by atoms with van der Waals surface area (Å²) in [6.45, 7) is 2.14. The molecule has 174 valence electrons. The quantitative estimate of drug-likeness (QED) is 0.526. The fraction of sp³-hybridized carbons (Fsp3) is 0.222. The minimum atomic E-state index is -0.554. The van der Waals surface area contributed by atoms with Crippen molar-refractivity contribution in [2.24, 2.45) is 4.99 Å². The van der Waals surface area contributed by atoms with Crippen LogP contribution in [0.2, 0.25) is 0 Å². The number of amides is 1. The van der Waals surface area contributed by atoms with E-state index in [1.165, 1.54) is 24.3 Å². The summed E-state index contributed by atoms with van der Waals surface area (Å²) >= 11 is 0. The van der Waals surface area contributed by atoms with Crippen molar-refractivity contribution in [1.82, 2.24) is 10.3 Å². The van der Waals surface area contributed by atoms with Gasteiger partial charge in [0.15, 0.2) is 0 Å². The third-order valence-corrected chi connectivity index (χ3v) is 5.70. The Balaban J connectivity index is 1.57. The lowest BCUT2D eigenvalue weighted by Gasteiger charge is -2.19. The second-order valence-electron chi connectivity index (χ2n) is 8.25. The number of allylic oxidation sites excluding steroid dienone is 1. The van der Waals surface area contributed by atoms with Crippen molar-refractivity contribution in [2.45, 2.75) is 25.8 Å². The van der Waals surface area contributed by atoms with E-state index in [0.29, 0.717) is 25.1 Å². The number of aromatic nitrogens is 1. The second kappa shape index (κ2) is 10.5. The molecule has 4 rings (SSSR count). The topological polar surface area (TPSA) is 74.6 Å². The molecule has 1 aliphatic rings. The van der Waals surface area contributed by atoms with Crippen LogP contribution in [-0.2, 0) is 6.42 Å². The van der Waals surface area contributed by atoms with Crippen LogP contribution in [0.15, 0.2) is 71.9 Å². The fourth-order valence-corrected chi connectivity index (χ4v) is 3.91. The molecule has 1 amide bonds. The number of aliphatic hydroxyl groups excluding tert-OH is 1. The normalized spacial score (nSPS) is 13.9. The average Bonchev–Trinajstić information content (AvgIpc) is 3.30. The van der Waals surface area contributed by atoms with E-state index in [2.05, 4.69) is 15.3 Å². The van der Waals surface area contributed by atoms with Gasteiger partial charge in [-0.25, -0.2) is 8.78 Å². The van der Waals surface area contributed by atoms with Gasteiger partial charge in [0, 0.05) is 36.5 Å². The summed E-state index contributed by atoms with van der Waals surface area (Å²) in [6.07, 6.45) is 4.25. The van der Waals surface area contributed by atoms with Gasteiger partial charge in [-0.15, -0.1) is 0 Å². The fourth-order valence-electron chi connectivity index (χ4n) is 3.91. The third kappa shape index (κ3) is 5.43. The molecule has 0 aliphatic carbocycles. The molecule has 0 saturated heterocycles. The van der Waals surface area contributed by atoms with E-state index in [9.17, 15) is 18.7 Å². The van der Waals surface area contributed by atoms with Gasteiger partial charge >= 0.3 is 0 Å². The average molecular weight is 462 g/mol. The largest absolute Gasteiger partial charge is 0.396 e. The van der Waals surface area contributed by atoms with Gasteiger partial charge in [-0.3, -0.25) is 14.8 Å². The predicted octanol–water partition coefficient (Wildman–Crippen LogP) is 4.28. The molecule has 0 spiro atoms. The number of benzene rings is 2. The molecule has 0 bridgehead atoms. The number of carbonyl (C=O) groups is 1. The van der Waals surface area contributed by atoms with Gasteiger partial charge in [0.05, 0.1) is 17.8 Å². The molecule has 0 saturated carbocycles. The monoisotopic (exact) mass is 461 g/mol. The van der Waals surface area contributed by atoms with E-state index in [1.54, 1.807) is 30.5 Å². The Morgan fingerprint density at radius 3 is 2.62 bits per heavy atom. The molecule has 0 radical (unpaired) electrons. The van der Waals surface area contributed by atoms with Gasteiger partial charge in [-0.05, 0) is 66.5 Å². The minimum Gasteiger partial charge on any atom is -0.396 e. The van der Waals surface area contributed by atoms with E-state index >= 15 is 0 Å². The van der Waals surface area contributed by atoms with Gasteiger partial charge < -0.3 is 10.4 Å². The smallest absolute Gasteiger partial charge is 0.252 e. The highest BCUT2D eigenvalue weighted by atomic mass is 19.1. The number of hydrogen-bond donors (Lipinski definition) is 2. The minimum absolute atomic E-state index is 0.108. The SMILES string of the molecule is Cc1ccc(C[C@H](CCO)NC(=O)c2cccc(F)c2C2=NCC(c3ccc(F)cc3)=C2)nc1. The Morgan fingerprint density at radius 2 is 1.91 bits per heavy atom. The van der Waals surface area contributed by atoms with E-state index in [0.717, 1.165) is 22.4 Å². The van der Waals surface area contributed by atoms with Crippen LogP contribution in [0.4, 0.5) is 8.78 Å². The molecule has 2 aromatic carbocycles. The van der Waals surface area contributed by atoms with Crippen LogP contribution >= 0.6 is 0 Å². The van der Waals surface area contributed by atoms with Gasteiger partial charge in [0.2, 0.25) is 0 Å². The highest BCUT2D eigenvalue weighted by Gasteiger charge is 2.23. The van der Waals surface area contributed by atoms with Crippen molar-refractivity contribution >= 4 is 17.2 Å². The molecule has 1 aromatic heterocycles. The Bertz CT molecular complexity index is 1240. The zero-order valence-corrected chi connectivity index (χ0v) is 18.8. The van der Waals surface area contributed by atoms with Crippen molar-refractivity contribution in [3.63, 3.8) is 0 Å². The molecular formula is C27H25F2N3O2. The third-order valence-electron chi connectivity index (χ3n) is 5.70. The van der Waals surface area contributed by atoms with Gasteiger partial charge in [-0.2, -0.15) is 0 Å². The van der Waals surface area contributed by atoms with Crippen LogP contribution in [0.25, 0.3) is 5.57 Å². The van der Waals surface area contributed by atoms with Gasteiger partial charge in [-0.1, -0.05) is 24.3 Å². The number of aliphatic imine (C=N–C) groups is 1. The van der Waals surface area contributed by atoms with E-state index in [4.69, 9.17) is 0 Å². The Labute approximate surface area is 196 Å². The number of rotatable bonds is 8. The summed E-state index contributed by atoms with van der Waals surface area (Å²) in [5.74, 6) is -1.34. The molecule has 0 fully saturated rings. The van der Waals surface area contributed by atoms with E-state index in [1.807, 2.05) is 19.1 Å². The molecule has 1 atom stereocenters. The first-order chi connectivity index (χ1) is 16.4. The number of aliphatic hydroxyl groups is 1. The number of carbonyl (C=O) groups excluding carboxylic acids is 1. The van der Waals surface area contributed by atoms with E-state index < -0.39 is 11.7 Å². The maximum atomic E-state index is 14.9. The maximum absolute atomic E-state index is 14.9. The molecule has 1 aliphatic heterocycles. The van der Waals surface area contributed by atoms with Crippen LogP contribution in [-0.4, -0.2) is 40.9 Å².